The maximum Gasteiger partial charge on any atom is 0.259 e. The largest absolute Gasteiger partial charge is 0.489 e. The van der Waals surface area contributed by atoms with Gasteiger partial charge in [0.1, 0.15) is 11.3 Å². The normalized spacial score (nSPS) is 23.2. The van der Waals surface area contributed by atoms with Gasteiger partial charge in [-0.2, -0.15) is 0 Å². The minimum Gasteiger partial charge on any atom is -0.489 e. The Bertz CT molecular complexity index is 1490. The van der Waals surface area contributed by atoms with Crippen LogP contribution in [0.4, 0.5) is 0 Å². The standard InChI is InChI=1S/C31H31N3O5/c1-37-29-23(14-20-6-3-9-25(20)33-29)30(36)34-15-24-22-8-4-10-26-28(22)38-18-31(24,17-34)16-32-27(35)12-11-19-5-2-7-21(13-19)39-26/h2,4-5,7-8,10,13-14,24H,3,6,9,11-12,15-18H2,1H3,(H,32,35)/t24-,31+/m1/s1. The van der Waals surface area contributed by atoms with E-state index < -0.39 is 5.41 Å². The average Bonchev–Trinajstić information content (AvgIpc) is 3.58. The number of para-hydroxylation sites is 1. The highest BCUT2D eigenvalue weighted by Crippen LogP contribution is 2.53. The number of carbonyl (C=O) groups excluding carboxylic acids is 2. The Hall–Kier alpha value is -4.07. The maximum atomic E-state index is 14.0. The summed E-state index contributed by atoms with van der Waals surface area (Å²) in [5.74, 6) is 2.31. The molecule has 4 aliphatic rings. The van der Waals surface area contributed by atoms with E-state index in [-0.39, 0.29) is 17.7 Å². The number of amides is 2. The van der Waals surface area contributed by atoms with Gasteiger partial charge in [0.2, 0.25) is 11.8 Å². The first-order valence-electron chi connectivity index (χ1n) is 13.7. The molecule has 2 amide bonds. The fraction of sp³-hybridized carbons (Fsp3) is 0.387. The predicted molar refractivity (Wildman–Crippen MR) is 144 cm³/mol. The smallest absolute Gasteiger partial charge is 0.259 e. The molecule has 3 aliphatic heterocycles. The van der Waals surface area contributed by atoms with Gasteiger partial charge in [0, 0.05) is 48.6 Å². The second kappa shape index (κ2) is 9.29. The van der Waals surface area contributed by atoms with E-state index in [2.05, 4.69) is 16.4 Å². The Morgan fingerprint density at radius 1 is 1.13 bits per heavy atom. The predicted octanol–water partition coefficient (Wildman–Crippen LogP) is 4.05. The monoisotopic (exact) mass is 525 g/mol. The first-order valence-corrected chi connectivity index (χ1v) is 13.7. The number of benzene rings is 2. The Morgan fingerprint density at radius 2 is 2.03 bits per heavy atom. The fourth-order valence-corrected chi connectivity index (χ4v) is 6.63. The van der Waals surface area contributed by atoms with Gasteiger partial charge in [0.25, 0.3) is 5.91 Å². The summed E-state index contributed by atoms with van der Waals surface area (Å²) in [5, 5.41) is 3.18. The molecule has 3 aromatic rings. The number of aromatic nitrogens is 1. The molecule has 7 rings (SSSR count). The zero-order chi connectivity index (χ0) is 26.6. The van der Waals surface area contributed by atoms with Crippen LogP contribution in [-0.4, -0.2) is 55.0 Å². The van der Waals surface area contributed by atoms with Crippen LogP contribution in [0.25, 0.3) is 0 Å². The third kappa shape index (κ3) is 4.09. The van der Waals surface area contributed by atoms with E-state index in [9.17, 15) is 9.59 Å². The number of methoxy groups -OCH3 is 1. The van der Waals surface area contributed by atoms with Crippen LogP contribution in [0.2, 0.25) is 0 Å². The Balaban J connectivity index is 1.27. The zero-order valence-electron chi connectivity index (χ0n) is 22.0. The molecule has 0 radical (unpaired) electrons. The van der Waals surface area contributed by atoms with Gasteiger partial charge in [0.15, 0.2) is 11.5 Å². The summed E-state index contributed by atoms with van der Waals surface area (Å²) in [6, 6.07) is 15.7. The number of carbonyl (C=O) groups is 2. The quantitative estimate of drug-likeness (QED) is 0.543. The van der Waals surface area contributed by atoms with Crippen LogP contribution < -0.4 is 19.5 Å². The van der Waals surface area contributed by atoms with Gasteiger partial charge in [-0.15, -0.1) is 0 Å². The van der Waals surface area contributed by atoms with Crippen LogP contribution >= 0.6 is 0 Å². The number of aryl methyl sites for hydroxylation is 3. The molecular formula is C31H31N3O5. The molecule has 2 aromatic carbocycles. The summed E-state index contributed by atoms with van der Waals surface area (Å²) in [6.07, 6.45) is 3.88. The van der Waals surface area contributed by atoms with Crippen LogP contribution in [-0.2, 0) is 24.1 Å². The van der Waals surface area contributed by atoms with Gasteiger partial charge in [0.05, 0.1) is 13.7 Å². The van der Waals surface area contributed by atoms with Crippen molar-refractivity contribution in [3.05, 3.63) is 76.5 Å². The number of rotatable bonds is 2. The first-order chi connectivity index (χ1) is 19.0. The molecule has 1 N–H and O–H groups in total. The van der Waals surface area contributed by atoms with Crippen LogP contribution in [0.15, 0.2) is 48.5 Å². The van der Waals surface area contributed by atoms with E-state index in [1.54, 1.807) is 7.11 Å². The summed E-state index contributed by atoms with van der Waals surface area (Å²) in [4.78, 5) is 33.5. The molecule has 0 saturated carbocycles. The molecule has 8 nitrogen and oxygen atoms in total. The topological polar surface area (TPSA) is 90.0 Å². The first kappa shape index (κ1) is 24.0. The van der Waals surface area contributed by atoms with E-state index in [1.165, 1.54) is 0 Å². The number of nitrogens with zero attached hydrogens (tertiary/aromatic N) is 2. The molecule has 2 atom stereocenters. The van der Waals surface area contributed by atoms with E-state index in [0.717, 1.165) is 41.6 Å². The van der Waals surface area contributed by atoms with E-state index in [4.69, 9.17) is 14.2 Å². The van der Waals surface area contributed by atoms with Gasteiger partial charge in [-0.3, -0.25) is 9.59 Å². The van der Waals surface area contributed by atoms with Crippen LogP contribution in [0.5, 0.6) is 23.1 Å². The third-order valence-corrected chi connectivity index (χ3v) is 8.67. The van der Waals surface area contributed by atoms with Crippen LogP contribution in [0, 0.1) is 5.41 Å². The number of hydrogen-bond acceptors (Lipinski definition) is 6. The second-order valence-corrected chi connectivity index (χ2v) is 11.1. The molecule has 4 bridgehead atoms. The molecule has 1 aliphatic carbocycles. The average molecular weight is 526 g/mol. The molecule has 1 spiro atoms. The lowest BCUT2D eigenvalue weighted by Crippen LogP contribution is -2.48. The molecule has 200 valence electrons. The summed E-state index contributed by atoms with van der Waals surface area (Å²) in [6.45, 7) is 1.75. The Morgan fingerprint density at radius 3 is 2.92 bits per heavy atom. The van der Waals surface area contributed by atoms with Crippen molar-refractivity contribution in [2.75, 3.05) is 33.4 Å². The lowest BCUT2D eigenvalue weighted by molar-refractivity contribution is -0.121. The van der Waals surface area contributed by atoms with Gasteiger partial charge >= 0.3 is 0 Å². The highest BCUT2D eigenvalue weighted by molar-refractivity contribution is 5.97. The van der Waals surface area contributed by atoms with Gasteiger partial charge < -0.3 is 24.4 Å². The lowest BCUT2D eigenvalue weighted by atomic mass is 9.73. The fourth-order valence-electron chi connectivity index (χ4n) is 6.63. The van der Waals surface area contributed by atoms with Crippen molar-refractivity contribution in [3.63, 3.8) is 0 Å². The summed E-state index contributed by atoms with van der Waals surface area (Å²) in [5.41, 5.74) is 4.22. The number of fused-ring (bicyclic) bond motifs is 5. The van der Waals surface area contributed by atoms with Crippen molar-refractivity contribution in [1.82, 2.24) is 15.2 Å². The van der Waals surface area contributed by atoms with Gasteiger partial charge in [-0.25, -0.2) is 4.98 Å². The summed E-state index contributed by atoms with van der Waals surface area (Å²) < 4.78 is 18.3. The van der Waals surface area contributed by atoms with E-state index >= 15 is 0 Å². The van der Waals surface area contributed by atoms with Crippen LogP contribution in [0.3, 0.4) is 0 Å². The SMILES string of the molecule is COc1nc2c(cc1C(=O)N1C[C@@H]3c4cccc5c4OC[C@]3(CNC(=O)CCc3cccc(c3)O5)C1)CCC2. The number of nitrogens with one attached hydrogen (secondary N) is 1. The zero-order valence-corrected chi connectivity index (χ0v) is 22.0. The highest BCUT2D eigenvalue weighted by atomic mass is 16.5. The highest BCUT2D eigenvalue weighted by Gasteiger charge is 2.53. The molecule has 1 aromatic heterocycles. The summed E-state index contributed by atoms with van der Waals surface area (Å²) in [7, 11) is 1.56. The van der Waals surface area contributed by atoms with Gasteiger partial charge in [-0.05, 0) is 61.1 Å². The second-order valence-electron chi connectivity index (χ2n) is 11.1. The number of likely N-dealkylation sites (tertiary alicyclic amines) is 1. The van der Waals surface area contributed by atoms with Crippen molar-refractivity contribution in [1.29, 1.82) is 0 Å². The Kier molecular flexibility index (Phi) is 5.72. The van der Waals surface area contributed by atoms with Crippen LogP contribution in [0.1, 0.15) is 51.5 Å². The third-order valence-electron chi connectivity index (χ3n) is 8.67. The number of pyridine rings is 1. The van der Waals surface area contributed by atoms with Crippen molar-refractivity contribution >= 4 is 11.8 Å². The summed E-state index contributed by atoms with van der Waals surface area (Å²) >= 11 is 0. The van der Waals surface area contributed by atoms with Crippen molar-refractivity contribution < 1.29 is 23.8 Å². The minimum absolute atomic E-state index is 0.0136. The Labute approximate surface area is 227 Å². The van der Waals surface area contributed by atoms with Crippen molar-refractivity contribution in [2.45, 2.75) is 38.0 Å². The molecule has 1 fully saturated rings. The lowest BCUT2D eigenvalue weighted by Gasteiger charge is -2.39. The molecular weight excluding hydrogens is 494 g/mol. The van der Waals surface area contributed by atoms with E-state index in [1.807, 2.05) is 47.4 Å². The maximum absolute atomic E-state index is 14.0. The number of ether oxygens (including phenoxy) is 3. The van der Waals surface area contributed by atoms with Crippen molar-refractivity contribution in [3.8, 4) is 23.1 Å². The van der Waals surface area contributed by atoms with Crippen molar-refractivity contribution in [2.24, 2.45) is 5.41 Å². The van der Waals surface area contributed by atoms with E-state index in [0.29, 0.717) is 67.8 Å². The molecule has 1 saturated heterocycles. The molecule has 0 unspecified atom stereocenters. The number of hydrogen-bond donors (Lipinski definition) is 1. The van der Waals surface area contributed by atoms with Gasteiger partial charge in [-0.1, -0.05) is 24.3 Å². The molecule has 8 heteroatoms. The molecule has 4 heterocycles. The molecule has 39 heavy (non-hydrogen) atoms. The minimum atomic E-state index is -0.466.